The van der Waals surface area contributed by atoms with E-state index >= 15 is 0 Å². The number of unbranched alkanes of at least 4 members (excludes halogenated alkanes) is 4. The van der Waals surface area contributed by atoms with Crippen LogP contribution in [0.2, 0.25) is 0 Å². The van der Waals surface area contributed by atoms with Crippen molar-refractivity contribution in [3.63, 3.8) is 0 Å². The van der Waals surface area contributed by atoms with E-state index in [1.807, 2.05) is 24.3 Å². The Morgan fingerprint density at radius 3 is 1.21 bits per heavy atom. The molecule has 0 aliphatic carbocycles. The monoisotopic (exact) mass is 442 g/mol. The average molecular weight is 443 g/mol. The molecule has 0 amide bonds. The minimum absolute atomic E-state index is 0. The van der Waals surface area contributed by atoms with E-state index in [0.29, 0.717) is 13.1 Å². The average Bonchev–Trinajstić information content (AvgIpc) is 2.69. The minimum Gasteiger partial charge on any atom is -0.494 e. The zero-order valence-electron chi connectivity index (χ0n) is 17.2. The van der Waals surface area contributed by atoms with E-state index in [0.717, 1.165) is 50.4 Å². The molecule has 0 saturated carbocycles. The van der Waals surface area contributed by atoms with Gasteiger partial charge < -0.3 is 20.9 Å². The lowest BCUT2D eigenvalue weighted by molar-refractivity contribution is 0.293. The lowest BCUT2D eigenvalue weighted by Gasteiger charge is -2.08. The van der Waals surface area contributed by atoms with Crippen LogP contribution in [-0.2, 0) is 12.8 Å². The third-order valence-corrected chi connectivity index (χ3v) is 4.54. The molecule has 4 N–H and O–H groups in total. The molecule has 0 unspecified atom stereocenters. The molecule has 0 bridgehead atoms. The van der Waals surface area contributed by atoms with E-state index in [9.17, 15) is 0 Å². The van der Waals surface area contributed by atoms with E-state index in [-0.39, 0.29) is 24.8 Å². The highest BCUT2D eigenvalue weighted by Gasteiger charge is 1.98. The van der Waals surface area contributed by atoms with E-state index in [4.69, 9.17) is 20.9 Å². The van der Waals surface area contributed by atoms with Gasteiger partial charge in [0.05, 0.1) is 13.2 Å². The van der Waals surface area contributed by atoms with Crippen LogP contribution in [0.15, 0.2) is 48.5 Å². The van der Waals surface area contributed by atoms with Crippen LogP contribution in [0, 0.1) is 0 Å². The standard InChI is InChI=1S/C23H34N2O2.2ClH/c24-16-14-20-6-10-22(11-7-20)26-18-4-2-1-3-5-19-27-23-12-8-21(9-13-23)15-17-25;;/h6-13H,1-5,14-19,24-25H2;2*1H. The molecule has 0 aromatic heterocycles. The normalized spacial score (nSPS) is 10.0. The number of hydrogen-bond donors (Lipinski definition) is 2. The summed E-state index contributed by atoms with van der Waals surface area (Å²) in [6.45, 7) is 2.93. The van der Waals surface area contributed by atoms with Crippen LogP contribution in [0.3, 0.4) is 0 Å². The smallest absolute Gasteiger partial charge is 0.119 e. The van der Waals surface area contributed by atoms with Crippen molar-refractivity contribution in [1.29, 1.82) is 0 Å². The Kier molecular flexibility index (Phi) is 16.5. The number of nitrogens with two attached hydrogens (primary N) is 2. The first kappa shape index (κ1) is 27.5. The van der Waals surface area contributed by atoms with Crippen LogP contribution in [0.25, 0.3) is 0 Å². The number of ether oxygens (including phenoxy) is 2. The Bertz CT molecular complexity index is 566. The second-order valence-electron chi connectivity index (χ2n) is 6.83. The summed E-state index contributed by atoms with van der Waals surface area (Å²) in [5.41, 5.74) is 13.6. The fourth-order valence-corrected chi connectivity index (χ4v) is 2.95. The molecule has 0 saturated heterocycles. The van der Waals surface area contributed by atoms with Crippen molar-refractivity contribution in [2.45, 2.75) is 44.9 Å². The third-order valence-electron chi connectivity index (χ3n) is 4.54. The van der Waals surface area contributed by atoms with E-state index < -0.39 is 0 Å². The molecule has 4 nitrogen and oxygen atoms in total. The maximum atomic E-state index is 5.79. The summed E-state index contributed by atoms with van der Waals surface area (Å²) in [7, 11) is 0. The first-order chi connectivity index (χ1) is 13.3. The van der Waals surface area contributed by atoms with Crippen LogP contribution < -0.4 is 20.9 Å². The second-order valence-corrected chi connectivity index (χ2v) is 6.83. The van der Waals surface area contributed by atoms with Crippen LogP contribution >= 0.6 is 24.8 Å². The Morgan fingerprint density at radius 2 is 0.862 bits per heavy atom. The zero-order valence-corrected chi connectivity index (χ0v) is 18.8. The summed E-state index contributed by atoms with van der Waals surface area (Å²) < 4.78 is 11.6. The molecule has 0 aliphatic rings. The van der Waals surface area contributed by atoms with Gasteiger partial charge in [-0.25, -0.2) is 0 Å². The maximum absolute atomic E-state index is 5.79. The molecule has 0 fully saturated rings. The third kappa shape index (κ3) is 12.0. The quantitative estimate of drug-likeness (QED) is 0.406. The van der Waals surface area contributed by atoms with Gasteiger partial charge in [0.15, 0.2) is 0 Å². The highest BCUT2D eigenvalue weighted by atomic mass is 35.5. The highest BCUT2D eigenvalue weighted by molar-refractivity contribution is 5.85. The summed E-state index contributed by atoms with van der Waals surface area (Å²) in [4.78, 5) is 0. The fraction of sp³-hybridized carbons (Fsp3) is 0.478. The molecule has 29 heavy (non-hydrogen) atoms. The zero-order chi connectivity index (χ0) is 19.2. The van der Waals surface area contributed by atoms with Crippen molar-refractivity contribution >= 4 is 24.8 Å². The van der Waals surface area contributed by atoms with Crippen LogP contribution in [0.4, 0.5) is 0 Å². The van der Waals surface area contributed by atoms with Crippen molar-refractivity contribution in [3.05, 3.63) is 59.7 Å². The maximum Gasteiger partial charge on any atom is 0.119 e. The molecule has 164 valence electrons. The van der Waals surface area contributed by atoms with Crippen molar-refractivity contribution in [3.8, 4) is 11.5 Å². The Balaban J connectivity index is 0.00000392. The molecule has 0 aliphatic heterocycles. The van der Waals surface area contributed by atoms with Gasteiger partial charge in [-0.1, -0.05) is 43.5 Å². The Morgan fingerprint density at radius 1 is 0.517 bits per heavy atom. The van der Waals surface area contributed by atoms with Crippen LogP contribution in [-0.4, -0.2) is 26.3 Å². The summed E-state index contributed by atoms with van der Waals surface area (Å²) in [6, 6.07) is 16.5. The van der Waals surface area contributed by atoms with Crippen molar-refractivity contribution < 1.29 is 9.47 Å². The van der Waals surface area contributed by atoms with Gasteiger partial charge in [0.25, 0.3) is 0 Å². The molecular weight excluding hydrogens is 407 g/mol. The molecule has 0 radical (unpaired) electrons. The van der Waals surface area contributed by atoms with Gasteiger partial charge in [0.2, 0.25) is 0 Å². The van der Waals surface area contributed by atoms with Gasteiger partial charge in [-0.2, -0.15) is 0 Å². The Labute approximate surface area is 188 Å². The highest BCUT2D eigenvalue weighted by Crippen LogP contribution is 2.15. The number of halogens is 2. The van der Waals surface area contributed by atoms with Gasteiger partial charge >= 0.3 is 0 Å². The summed E-state index contributed by atoms with van der Waals surface area (Å²) in [5, 5.41) is 0. The summed E-state index contributed by atoms with van der Waals surface area (Å²) >= 11 is 0. The number of rotatable bonds is 14. The SMILES string of the molecule is Cl.Cl.NCCc1ccc(OCCCCCCCOc2ccc(CCN)cc2)cc1. The predicted molar refractivity (Wildman–Crippen MR) is 127 cm³/mol. The molecule has 2 rings (SSSR count). The summed E-state index contributed by atoms with van der Waals surface area (Å²) in [5.74, 6) is 1.89. The largest absolute Gasteiger partial charge is 0.494 e. The van der Waals surface area contributed by atoms with E-state index in [2.05, 4.69) is 24.3 Å². The lowest BCUT2D eigenvalue weighted by atomic mass is 10.1. The second kappa shape index (κ2) is 17.4. The molecule has 2 aromatic carbocycles. The van der Waals surface area contributed by atoms with Crippen LogP contribution in [0.1, 0.15) is 43.2 Å². The van der Waals surface area contributed by atoms with Gasteiger partial charge in [0, 0.05) is 0 Å². The molecule has 0 atom stereocenters. The van der Waals surface area contributed by atoms with Gasteiger partial charge in [-0.05, 0) is 74.2 Å². The first-order valence-corrected chi connectivity index (χ1v) is 10.2. The van der Waals surface area contributed by atoms with E-state index in [1.54, 1.807) is 0 Å². The predicted octanol–water partition coefficient (Wildman–Crippen LogP) is 4.94. The van der Waals surface area contributed by atoms with Crippen molar-refractivity contribution in [2.75, 3.05) is 26.3 Å². The van der Waals surface area contributed by atoms with Crippen molar-refractivity contribution in [2.24, 2.45) is 11.5 Å². The molecule has 2 aromatic rings. The molecule has 0 spiro atoms. The topological polar surface area (TPSA) is 70.5 Å². The molecule has 6 heteroatoms. The fourth-order valence-electron chi connectivity index (χ4n) is 2.95. The summed E-state index contributed by atoms with van der Waals surface area (Å²) in [6.07, 6.45) is 7.63. The van der Waals surface area contributed by atoms with Gasteiger partial charge in [-0.3, -0.25) is 0 Å². The number of benzene rings is 2. The van der Waals surface area contributed by atoms with Crippen molar-refractivity contribution in [1.82, 2.24) is 0 Å². The van der Waals surface area contributed by atoms with Crippen LogP contribution in [0.5, 0.6) is 11.5 Å². The first-order valence-electron chi connectivity index (χ1n) is 10.2. The minimum atomic E-state index is 0. The van der Waals surface area contributed by atoms with E-state index in [1.165, 1.54) is 30.4 Å². The van der Waals surface area contributed by atoms with Gasteiger partial charge in [-0.15, -0.1) is 24.8 Å². The Hall–Kier alpha value is -1.46. The van der Waals surface area contributed by atoms with Gasteiger partial charge in [0.1, 0.15) is 11.5 Å². The molecular formula is C23H36Cl2N2O2. The lowest BCUT2D eigenvalue weighted by Crippen LogP contribution is -2.03. The number of hydrogen-bond acceptors (Lipinski definition) is 4. The molecule has 0 heterocycles.